The van der Waals surface area contributed by atoms with E-state index in [1.54, 1.807) is 4.90 Å². The van der Waals surface area contributed by atoms with Crippen molar-refractivity contribution in [1.29, 1.82) is 0 Å². The average molecular weight is 657 g/mol. The van der Waals surface area contributed by atoms with Crippen molar-refractivity contribution in [1.82, 2.24) is 10.2 Å². The first-order valence-electron chi connectivity index (χ1n) is 17.2. The molecule has 5 aromatic rings. The summed E-state index contributed by atoms with van der Waals surface area (Å²) >= 11 is 0. The molecule has 0 fully saturated rings. The van der Waals surface area contributed by atoms with E-state index in [0.29, 0.717) is 32.6 Å². The summed E-state index contributed by atoms with van der Waals surface area (Å²) in [5.41, 5.74) is 6.63. The number of alkyl carbamates (subject to hydrolysis) is 1. The van der Waals surface area contributed by atoms with E-state index in [0.717, 1.165) is 44.2 Å². The third-order valence-electron chi connectivity index (χ3n) is 9.07. The van der Waals surface area contributed by atoms with E-state index in [-0.39, 0.29) is 25.0 Å². The lowest BCUT2D eigenvalue weighted by atomic mass is 9.98. The van der Waals surface area contributed by atoms with Crippen molar-refractivity contribution in [3.05, 3.63) is 144 Å². The monoisotopic (exact) mass is 656 g/mol. The molecular weight excluding hydrogens is 612 g/mol. The minimum absolute atomic E-state index is 0.0841. The second kappa shape index (κ2) is 16.4. The molecule has 7 nitrogen and oxygen atoms in total. The molecule has 2 amide bonds. The number of hydrogen-bond donors (Lipinski definition) is 1. The molecule has 0 aromatic heterocycles. The number of carbonyl (C=O) groups is 2. The van der Waals surface area contributed by atoms with E-state index >= 15 is 0 Å². The molecule has 0 spiro atoms. The minimum Gasteiger partial charge on any atom is -0.449 e. The molecule has 0 heterocycles. The maximum atomic E-state index is 14.5. The zero-order chi connectivity index (χ0) is 34.0. The molecule has 6 rings (SSSR count). The average Bonchev–Trinajstić information content (AvgIpc) is 3.46. The van der Waals surface area contributed by atoms with E-state index in [4.69, 9.17) is 14.2 Å². The van der Waals surface area contributed by atoms with Crippen LogP contribution in [0.5, 0.6) is 0 Å². The Hall–Kier alpha value is -4.98. The predicted molar refractivity (Wildman–Crippen MR) is 193 cm³/mol. The molecule has 0 bridgehead atoms. The Balaban J connectivity index is 1.23. The highest BCUT2D eigenvalue weighted by Crippen LogP contribution is 2.44. The molecule has 5 aromatic carbocycles. The Labute approximate surface area is 288 Å². The number of carbonyl (C=O) groups excluding carboxylic acids is 2. The maximum absolute atomic E-state index is 14.5. The summed E-state index contributed by atoms with van der Waals surface area (Å²) in [5, 5.41) is 5.18. The van der Waals surface area contributed by atoms with Crippen molar-refractivity contribution in [2.45, 2.75) is 51.5 Å². The minimum atomic E-state index is -0.833. The van der Waals surface area contributed by atoms with Crippen LogP contribution < -0.4 is 5.32 Å². The largest absolute Gasteiger partial charge is 0.449 e. The van der Waals surface area contributed by atoms with Crippen LogP contribution in [0.1, 0.15) is 48.4 Å². The van der Waals surface area contributed by atoms with Gasteiger partial charge >= 0.3 is 6.09 Å². The number of fused-ring (bicyclic) bond motifs is 4. The fourth-order valence-electron chi connectivity index (χ4n) is 6.71. The van der Waals surface area contributed by atoms with Crippen LogP contribution in [0.25, 0.3) is 21.9 Å². The lowest BCUT2D eigenvalue weighted by Crippen LogP contribution is -2.51. The van der Waals surface area contributed by atoms with Crippen LogP contribution in [0.4, 0.5) is 4.79 Å². The summed E-state index contributed by atoms with van der Waals surface area (Å²) in [6.45, 7) is 5.40. The highest BCUT2D eigenvalue weighted by Gasteiger charge is 2.32. The van der Waals surface area contributed by atoms with Gasteiger partial charge in [0, 0.05) is 25.7 Å². The standard InChI is InChI=1S/C42H44N2O5/c1-3-47-40(48-4-2)28-44(27-31-22-24-32-16-8-9-17-33(32)26-31)41(45)39(25-23-30-14-6-5-7-15-30)43-42(46)49-29-38-36-20-12-10-18-34(36)35-19-11-13-21-37(35)38/h5-22,24,26,38-40H,3-4,23,25,27-29H2,1-2H3,(H,43,46)/t39-/m0/s1. The lowest BCUT2D eigenvalue weighted by molar-refractivity contribution is -0.161. The Bertz CT molecular complexity index is 1810. The van der Waals surface area contributed by atoms with Crippen molar-refractivity contribution < 1.29 is 23.8 Å². The van der Waals surface area contributed by atoms with Crippen molar-refractivity contribution in [2.24, 2.45) is 0 Å². The summed E-state index contributed by atoms with van der Waals surface area (Å²) in [6, 6.07) is 40.0. The maximum Gasteiger partial charge on any atom is 0.407 e. The van der Waals surface area contributed by atoms with Gasteiger partial charge in [-0.1, -0.05) is 115 Å². The quantitative estimate of drug-likeness (QED) is 0.115. The molecule has 1 aliphatic carbocycles. The van der Waals surface area contributed by atoms with Gasteiger partial charge in [0.15, 0.2) is 6.29 Å². The van der Waals surface area contributed by atoms with Crippen molar-refractivity contribution in [3.8, 4) is 11.1 Å². The molecule has 0 saturated heterocycles. The number of nitrogens with zero attached hydrogens (tertiary/aromatic N) is 1. The number of nitrogens with one attached hydrogen (secondary N) is 1. The molecular formula is C42H44N2O5. The van der Waals surface area contributed by atoms with Gasteiger partial charge in [0.25, 0.3) is 0 Å². The molecule has 0 radical (unpaired) electrons. The second-order valence-corrected chi connectivity index (χ2v) is 12.3. The predicted octanol–water partition coefficient (Wildman–Crippen LogP) is 8.11. The number of benzene rings is 5. The molecule has 1 aliphatic rings. The van der Waals surface area contributed by atoms with Gasteiger partial charge in [-0.15, -0.1) is 0 Å². The zero-order valence-electron chi connectivity index (χ0n) is 28.2. The lowest BCUT2D eigenvalue weighted by Gasteiger charge is -2.31. The summed E-state index contributed by atoms with van der Waals surface area (Å²) in [5.74, 6) is -0.304. The number of ether oxygens (including phenoxy) is 3. The number of rotatable bonds is 15. The Morgan fingerprint density at radius 3 is 2.00 bits per heavy atom. The van der Waals surface area contributed by atoms with Crippen LogP contribution in [-0.2, 0) is 32.0 Å². The Kier molecular flexibility index (Phi) is 11.4. The van der Waals surface area contributed by atoms with Gasteiger partial charge in [0.05, 0.1) is 6.54 Å². The first-order valence-corrected chi connectivity index (χ1v) is 17.2. The van der Waals surface area contributed by atoms with Crippen molar-refractivity contribution in [3.63, 3.8) is 0 Å². The van der Waals surface area contributed by atoms with Crippen LogP contribution in [0.3, 0.4) is 0 Å². The topological polar surface area (TPSA) is 77.1 Å². The molecule has 49 heavy (non-hydrogen) atoms. The van der Waals surface area contributed by atoms with Gasteiger partial charge in [-0.2, -0.15) is 0 Å². The highest BCUT2D eigenvalue weighted by atomic mass is 16.7. The fraction of sp³-hybridized carbons (Fsp3) is 0.286. The van der Waals surface area contributed by atoms with Gasteiger partial charge in [0.1, 0.15) is 12.6 Å². The van der Waals surface area contributed by atoms with Gasteiger partial charge in [-0.05, 0) is 76.9 Å². The van der Waals surface area contributed by atoms with Crippen LogP contribution in [0.15, 0.2) is 121 Å². The van der Waals surface area contributed by atoms with Gasteiger partial charge in [-0.3, -0.25) is 4.79 Å². The molecule has 0 saturated carbocycles. The Morgan fingerprint density at radius 1 is 0.714 bits per heavy atom. The zero-order valence-corrected chi connectivity index (χ0v) is 28.2. The van der Waals surface area contributed by atoms with Crippen LogP contribution >= 0.6 is 0 Å². The van der Waals surface area contributed by atoms with E-state index in [9.17, 15) is 9.59 Å². The van der Waals surface area contributed by atoms with E-state index in [2.05, 4.69) is 53.8 Å². The normalized spacial score (nSPS) is 12.8. The Morgan fingerprint density at radius 2 is 1.33 bits per heavy atom. The van der Waals surface area contributed by atoms with Crippen LogP contribution in [-0.4, -0.2) is 55.6 Å². The van der Waals surface area contributed by atoms with Gasteiger partial charge in [0.2, 0.25) is 5.91 Å². The summed E-state index contributed by atoms with van der Waals surface area (Å²) in [4.78, 5) is 29.8. The second-order valence-electron chi connectivity index (χ2n) is 12.3. The van der Waals surface area contributed by atoms with Gasteiger partial charge in [-0.25, -0.2) is 4.79 Å². The molecule has 0 aliphatic heterocycles. The van der Waals surface area contributed by atoms with Crippen LogP contribution in [0, 0.1) is 0 Å². The smallest absolute Gasteiger partial charge is 0.407 e. The van der Waals surface area contributed by atoms with Crippen LogP contribution in [0.2, 0.25) is 0 Å². The number of hydrogen-bond acceptors (Lipinski definition) is 5. The first-order chi connectivity index (χ1) is 24.0. The number of amides is 2. The molecule has 0 unspecified atom stereocenters. The highest BCUT2D eigenvalue weighted by molar-refractivity contribution is 5.87. The van der Waals surface area contributed by atoms with Gasteiger partial charge < -0.3 is 24.4 Å². The molecule has 1 N–H and O–H groups in total. The fourth-order valence-corrected chi connectivity index (χ4v) is 6.71. The SMILES string of the molecule is CCOC(CN(Cc1ccc2ccccc2c1)C(=O)[C@H](CCc1ccccc1)NC(=O)OCC1c2ccccc2-c2ccccc21)OCC. The summed E-state index contributed by atoms with van der Waals surface area (Å²) in [7, 11) is 0. The van der Waals surface area contributed by atoms with E-state index in [1.807, 2.05) is 86.6 Å². The molecule has 252 valence electrons. The third-order valence-corrected chi connectivity index (χ3v) is 9.07. The first kappa shape index (κ1) is 33.9. The molecule has 7 heteroatoms. The van der Waals surface area contributed by atoms with E-state index in [1.165, 1.54) is 0 Å². The number of aryl methyl sites for hydroxylation is 1. The van der Waals surface area contributed by atoms with Crippen molar-refractivity contribution >= 4 is 22.8 Å². The van der Waals surface area contributed by atoms with Crippen molar-refractivity contribution in [2.75, 3.05) is 26.4 Å². The molecule has 1 atom stereocenters. The summed E-state index contributed by atoms with van der Waals surface area (Å²) in [6.07, 6.45) is -0.228. The summed E-state index contributed by atoms with van der Waals surface area (Å²) < 4.78 is 17.7. The van der Waals surface area contributed by atoms with E-state index < -0.39 is 18.4 Å². The third kappa shape index (κ3) is 8.37.